The van der Waals surface area contributed by atoms with Gasteiger partial charge in [0, 0.05) is 47.3 Å². The average molecular weight is 647 g/mol. The summed E-state index contributed by atoms with van der Waals surface area (Å²) in [6, 6.07) is 43.4. The number of hydrogen-bond acceptors (Lipinski definition) is 8. The Balaban J connectivity index is 1.11. The SMILES string of the molecule is Nc1ccc(-c2cc(-c3ccccn3)nc(-c3ccc(-c4ccc(-c5cc(-c6ccc(N)cc6)cc(-c6ccccn6)n5)nc4)cn3)c2)cc1. The van der Waals surface area contributed by atoms with Gasteiger partial charge in [0.05, 0.1) is 45.6 Å². The second-order valence-corrected chi connectivity index (χ2v) is 11.8. The fourth-order valence-electron chi connectivity index (χ4n) is 5.73. The van der Waals surface area contributed by atoms with Crippen LogP contribution in [0.1, 0.15) is 0 Å². The molecule has 0 fully saturated rings. The van der Waals surface area contributed by atoms with E-state index in [2.05, 4.69) is 9.97 Å². The highest BCUT2D eigenvalue weighted by Gasteiger charge is 2.13. The van der Waals surface area contributed by atoms with Gasteiger partial charge in [-0.3, -0.25) is 19.9 Å². The first-order chi connectivity index (χ1) is 24.6. The van der Waals surface area contributed by atoms with Crippen LogP contribution in [0.3, 0.4) is 0 Å². The second kappa shape index (κ2) is 13.2. The van der Waals surface area contributed by atoms with E-state index in [9.17, 15) is 0 Å². The molecule has 8 nitrogen and oxygen atoms in total. The summed E-state index contributed by atoms with van der Waals surface area (Å²) in [5.74, 6) is 0. The molecule has 0 atom stereocenters. The van der Waals surface area contributed by atoms with Crippen molar-refractivity contribution in [1.82, 2.24) is 29.9 Å². The molecule has 0 saturated carbocycles. The maximum absolute atomic E-state index is 5.96. The summed E-state index contributed by atoms with van der Waals surface area (Å²) < 4.78 is 0. The van der Waals surface area contributed by atoms with Crippen LogP contribution in [0, 0.1) is 0 Å². The first-order valence-electron chi connectivity index (χ1n) is 16.1. The maximum atomic E-state index is 5.96. The minimum absolute atomic E-state index is 0.713. The number of nitrogens with two attached hydrogens (primary N) is 2. The van der Waals surface area contributed by atoms with E-state index >= 15 is 0 Å². The van der Waals surface area contributed by atoms with E-state index in [1.807, 2.05) is 146 Å². The molecule has 2 aromatic carbocycles. The predicted molar refractivity (Wildman–Crippen MR) is 200 cm³/mol. The van der Waals surface area contributed by atoms with Crippen molar-refractivity contribution in [2.24, 2.45) is 0 Å². The van der Waals surface area contributed by atoms with E-state index in [1.165, 1.54) is 0 Å². The van der Waals surface area contributed by atoms with Gasteiger partial charge in [-0.15, -0.1) is 0 Å². The Morgan fingerprint density at radius 1 is 0.300 bits per heavy atom. The molecular weight excluding hydrogens is 617 g/mol. The molecule has 0 radical (unpaired) electrons. The van der Waals surface area contributed by atoms with E-state index in [0.717, 1.165) is 78.9 Å². The van der Waals surface area contributed by atoms with E-state index in [4.69, 9.17) is 31.4 Å². The van der Waals surface area contributed by atoms with Gasteiger partial charge >= 0.3 is 0 Å². The highest BCUT2D eigenvalue weighted by molar-refractivity contribution is 5.78. The number of pyridine rings is 6. The molecule has 0 saturated heterocycles. The molecule has 4 N–H and O–H groups in total. The number of nitrogens with zero attached hydrogens (tertiary/aromatic N) is 6. The smallest absolute Gasteiger partial charge is 0.0900 e. The Kier molecular flexibility index (Phi) is 8.00. The van der Waals surface area contributed by atoms with Crippen LogP contribution >= 0.6 is 0 Å². The van der Waals surface area contributed by atoms with Gasteiger partial charge in [0.15, 0.2) is 0 Å². The molecule has 238 valence electrons. The molecule has 0 aliphatic rings. The van der Waals surface area contributed by atoms with Gasteiger partial charge in [-0.25, -0.2) is 9.97 Å². The first kappa shape index (κ1) is 30.3. The molecule has 0 aliphatic heterocycles. The van der Waals surface area contributed by atoms with E-state index in [1.54, 1.807) is 12.4 Å². The third kappa shape index (κ3) is 6.41. The van der Waals surface area contributed by atoms with Crippen LogP contribution in [0.15, 0.2) is 158 Å². The van der Waals surface area contributed by atoms with Gasteiger partial charge in [-0.2, -0.15) is 0 Å². The summed E-state index contributed by atoms with van der Waals surface area (Å²) in [7, 11) is 0. The zero-order valence-corrected chi connectivity index (χ0v) is 26.8. The lowest BCUT2D eigenvalue weighted by atomic mass is 10.0. The van der Waals surface area contributed by atoms with Crippen molar-refractivity contribution in [3.63, 3.8) is 0 Å². The van der Waals surface area contributed by atoms with Crippen molar-refractivity contribution >= 4 is 11.4 Å². The number of aromatic nitrogens is 6. The Labute approximate surface area is 289 Å². The molecule has 6 heterocycles. The molecular formula is C42H30N8. The van der Waals surface area contributed by atoms with E-state index in [0.29, 0.717) is 11.4 Å². The van der Waals surface area contributed by atoms with Crippen molar-refractivity contribution in [3.05, 3.63) is 158 Å². The lowest BCUT2D eigenvalue weighted by molar-refractivity contribution is 1.21. The Morgan fingerprint density at radius 3 is 0.980 bits per heavy atom. The first-order valence-corrected chi connectivity index (χ1v) is 16.1. The number of anilines is 2. The monoisotopic (exact) mass is 646 g/mol. The van der Waals surface area contributed by atoms with Crippen molar-refractivity contribution in [1.29, 1.82) is 0 Å². The molecule has 8 aromatic rings. The highest BCUT2D eigenvalue weighted by atomic mass is 14.8. The van der Waals surface area contributed by atoms with Gasteiger partial charge < -0.3 is 11.5 Å². The number of rotatable bonds is 7. The zero-order chi connectivity index (χ0) is 33.9. The van der Waals surface area contributed by atoms with Crippen LogP contribution in [0.5, 0.6) is 0 Å². The van der Waals surface area contributed by atoms with Crippen LogP contribution < -0.4 is 11.5 Å². The third-order valence-corrected chi connectivity index (χ3v) is 8.38. The topological polar surface area (TPSA) is 129 Å². The largest absolute Gasteiger partial charge is 0.399 e. The number of nitrogen functional groups attached to an aromatic ring is 2. The Bertz CT molecular complexity index is 2220. The van der Waals surface area contributed by atoms with Crippen LogP contribution in [0.25, 0.3) is 78.9 Å². The van der Waals surface area contributed by atoms with Gasteiger partial charge in [0.25, 0.3) is 0 Å². The quantitative estimate of drug-likeness (QED) is 0.164. The van der Waals surface area contributed by atoms with Crippen LogP contribution in [0.4, 0.5) is 11.4 Å². The molecule has 8 rings (SSSR count). The molecule has 0 unspecified atom stereocenters. The third-order valence-electron chi connectivity index (χ3n) is 8.38. The molecule has 0 bridgehead atoms. The average Bonchev–Trinajstić information content (AvgIpc) is 3.19. The minimum atomic E-state index is 0.713. The van der Waals surface area contributed by atoms with Crippen LogP contribution in [0.2, 0.25) is 0 Å². The fraction of sp³-hybridized carbons (Fsp3) is 0. The van der Waals surface area contributed by atoms with Crippen molar-refractivity contribution < 1.29 is 0 Å². The molecule has 8 heteroatoms. The normalized spacial score (nSPS) is 11.0. The molecule has 0 amide bonds. The van der Waals surface area contributed by atoms with Gasteiger partial charge in [-0.05, 0) is 107 Å². The summed E-state index contributed by atoms with van der Waals surface area (Å²) in [5.41, 5.74) is 25.4. The summed E-state index contributed by atoms with van der Waals surface area (Å²) in [4.78, 5) is 28.6. The Morgan fingerprint density at radius 2 is 0.660 bits per heavy atom. The van der Waals surface area contributed by atoms with Crippen molar-refractivity contribution in [3.8, 4) is 78.9 Å². The molecule has 6 aromatic heterocycles. The number of hydrogen-bond donors (Lipinski definition) is 2. The summed E-state index contributed by atoms with van der Waals surface area (Å²) in [5, 5.41) is 0. The lowest BCUT2D eigenvalue weighted by Gasteiger charge is -2.11. The van der Waals surface area contributed by atoms with Crippen LogP contribution in [-0.4, -0.2) is 29.9 Å². The van der Waals surface area contributed by atoms with Crippen LogP contribution in [-0.2, 0) is 0 Å². The number of benzene rings is 2. The lowest BCUT2D eigenvalue weighted by Crippen LogP contribution is -1.95. The van der Waals surface area contributed by atoms with Gasteiger partial charge in [0.1, 0.15) is 0 Å². The van der Waals surface area contributed by atoms with E-state index < -0.39 is 0 Å². The maximum Gasteiger partial charge on any atom is 0.0900 e. The molecule has 0 aliphatic carbocycles. The molecule has 0 spiro atoms. The van der Waals surface area contributed by atoms with Crippen molar-refractivity contribution in [2.75, 3.05) is 11.5 Å². The van der Waals surface area contributed by atoms with Gasteiger partial charge in [0.2, 0.25) is 0 Å². The fourth-order valence-corrected chi connectivity index (χ4v) is 5.73. The summed E-state index contributed by atoms with van der Waals surface area (Å²) in [6.45, 7) is 0. The highest BCUT2D eigenvalue weighted by Crippen LogP contribution is 2.32. The zero-order valence-electron chi connectivity index (χ0n) is 26.8. The van der Waals surface area contributed by atoms with Gasteiger partial charge in [-0.1, -0.05) is 48.5 Å². The summed E-state index contributed by atoms with van der Waals surface area (Å²) in [6.07, 6.45) is 7.24. The second-order valence-electron chi connectivity index (χ2n) is 11.8. The standard InChI is InChI=1S/C42H30N8/c43-33-13-7-27(8-14-33)31-21-39(35-5-1-3-19-45-35)49-41(23-31)37-17-11-29(25-47-37)30-12-18-38(48-26-30)42-24-32(28-9-15-34(44)16-10-28)22-40(50-42)36-6-2-4-20-46-36/h1-26H,43-44H2. The predicted octanol–water partition coefficient (Wildman–Crippen LogP) is 8.89. The summed E-state index contributed by atoms with van der Waals surface area (Å²) >= 11 is 0. The van der Waals surface area contributed by atoms with E-state index in [-0.39, 0.29) is 0 Å². The minimum Gasteiger partial charge on any atom is -0.399 e. The molecule has 50 heavy (non-hydrogen) atoms. The van der Waals surface area contributed by atoms with Crippen molar-refractivity contribution in [2.45, 2.75) is 0 Å². The Hall–Kier alpha value is -7.06.